The van der Waals surface area contributed by atoms with E-state index in [9.17, 15) is 4.79 Å². The summed E-state index contributed by atoms with van der Waals surface area (Å²) in [5.74, 6) is -0.320. The third-order valence-electron chi connectivity index (χ3n) is 3.74. The fourth-order valence-corrected chi connectivity index (χ4v) is 2.70. The van der Waals surface area contributed by atoms with Crippen LogP contribution in [0.3, 0.4) is 0 Å². The summed E-state index contributed by atoms with van der Waals surface area (Å²) in [4.78, 5) is 13.9. The third kappa shape index (κ3) is 4.03. The molecule has 0 spiro atoms. The van der Waals surface area contributed by atoms with Gasteiger partial charge in [0.15, 0.2) is 0 Å². The topological polar surface area (TPSA) is 50.8 Å². The third-order valence-corrected chi connectivity index (χ3v) is 3.74. The molecule has 2 saturated heterocycles. The van der Waals surface area contributed by atoms with Crippen molar-refractivity contribution < 1.29 is 14.3 Å². The first kappa shape index (κ1) is 14.5. The molecule has 0 bridgehead atoms. The van der Waals surface area contributed by atoms with E-state index in [1.54, 1.807) is 6.92 Å². The van der Waals surface area contributed by atoms with Gasteiger partial charge in [0.2, 0.25) is 0 Å². The van der Waals surface area contributed by atoms with Crippen LogP contribution in [0.15, 0.2) is 12.2 Å². The van der Waals surface area contributed by atoms with Crippen molar-refractivity contribution in [1.29, 1.82) is 0 Å². The molecular formula is C14H24N2O3. The quantitative estimate of drug-likeness (QED) is 0.563. The summed E-state index contributed by atoms with van der Waals surface area (Å²) in [7, 11) is 0. The normalized spacial score (nSPS) is 27.0. The molecular weight excluding hydrogens is 244 g/mol. The first-order chi connectivity index (χ1) is 9.20. The smallest absolute Gasteiger partial charge is 0.334 e. The molecule has 0 amide bonds. The molecule has 1 N–H and O–H groups in total. The molecule has 0 aromatic rings. The predicted molar refractivity (Wildman–Crippen MR) is 73.0 cm³/mol. The van der Waals surface area contributed by atoms with Crippen LogP contribution in [0.1, 0.15) is 19.8 Å². The van der Waals surface area contributed by atoms with Gasteiger partial charge in [-0.2, -0.15) is 0 Å². The van der Waals surface area contributed by atoms with Crippen LogP contribution in [-0.4, -0.2) is 62.4 Å². The molecule has 0 aromatic carbocycles. The van der Waals surface area contributed by atoms with Gasteiger partial charge in [-0.3, -0.25) is 4.90 Å². The summed E-state index contributed by atoms with van der Waals surface area (Å²) in [5.41, 5.74) is 0.469. The van der Waals surface area contributed by atoms with Crippen LogP contribution in [0.5, 0.6) is 0 Å². The Hall–Kier alpha value is -0.910. The summed E-state index contributed by atoms with van der Waals surface area (Å²) >= 11 is 0. The first-order valence-corrected chi connectivity index (χ1v) is 7.12. The van der Waals surface area contributed by atoms with Crippen LogP contribution in [0, 0.1) is 0 Å². The lowest BCUT2D eigenvalue weighted by molar-refractivity contribution is -0.138. The Balaban J connectivity index is 1.63. The number of hydrogen-bond acceptors (Lipinski definition) is 5. The Kier molecular flexibility index (Phi) is 5.36. The number of hydrogen-bond donors (Lipinski definition) is 1. The van der Waals surface area contributed by atoms with Crippen molar-refractivity contribution in [2.45, 2.75) is 31.9 Å². The maximum atomic E-state index is 11.4. The maximum absolute atomic E-state index is 11.4. The van der Waals surface area contributed by atoms with Crippen molar-refractivity contribution in [1.82, 2.24) is 10.2 Å². The summed E-state index contributed by atoms with van der Waals surface area (Å²) in [6.07, 6.45) is 2.76. The predicted octanol–water partition coefficient (Wildman–Crippen LogP) is 0.558. The van der Waals surface area contributed by atoms with Gasteiger partial charge in [0.05, 0.1) is 19.3 Å². The van der Waals surface area contributed by atoms with E-state index in [1.807, 2.05) is 0 Å². The van der Waals surface area contributed by atoms with Gasteiger partial charge >= 0.3 is 5.97 Å². The minimum Gasteiger partial charge on any atom is -0.463 e. The Morgan fingerprint density at radius 1 is 1.58 bits per heavy atom. The average molecular weight is 268 g/mol. The van der Waals surface area contributed by atoms with E-state index in [1.165, 1.54) is 19.4 Å². The van der Waals surface area contributed by atoms with E-state index in [0.717, 1.165) is 19.7 Å². The van der Waals surface area contributed by atoms with Crippen molar-refractivity contribution in [3.8, 4) is 0 Å². The molecule has 5 heteroatoms. The van der Waals surface area contributed by atoms with Gasteiger partial charge in [-0.15, -0.1) is 0 Å². The van der Waals surface area contributed by atoms with Crippen molar-refractivity contribution in [3.05, 3.63) is 12.2 Å². The molecule has 2 aliphatic heterocycles. The number of carbonyl (C=O) groups excluding carboxylic acids is 1. The van der Waals surface area contributed by atoms with Crippen LogP contribution in [-0.2, 0) is 14.3 Å². The Bertz CT molecular complexity index is 333. The SMILES string of the molecule is C=C(CNCC1CN2CCCC2CO1)C(=O)OCC. The Morgan fingerprint density at radius 3 is 3.21 bits per heavy atom. The number of nitrogens with zero attached hydrogens (tertiary/aromatic N) is 1. The standard InChI is InChI=1S/C14H24N2O3/c1-3-18-14(17)11(2)7-15-8-13-9-16-6-4-5-12(16)10-19-13/h12-13,15H,2-10H2,1H3. The van der Waals surface area contributed by atoms with Crippen LogP contribution in [0.25, 0.3) is 0 Å². The lowest BCUT2D eigenvalue weighted by Gasteiger charge is -2.35. The summed E-state index contributed by atoms with van der Waals surface area (Å²) in [6, 6.07) is 0.630. The van der Waals surface area contributed by atoms with Crippen molar-refractivity contribution in [3.63, 3.8) is 0 Å². The van der Waals surface area contributed by atoms with Gasteiger partial charge in [0.1, 0.15) is 0 Å². The first-order valence-electron chi connectivity index (χ1n) is 7.12. The second kappa shape index (κ2) is 7.03. The molecule has 2 aliphatic rings. The minimum atomic E-state index is -0.320. The highest BCUT2D eigenvalue weighted by molar-refractivity contribution is 5.88. The molecule has 108 valence electrons. The molecule has 5 nitrogen and oxygen atoms in total. The van der Waals surface area contributed by atoms with Crippen LogP contribution < -0.4 is 5.32 Å². The molecule has 0 radical (unpaired) electrons. The molecule has 0 aromatic heterocycles. The van der Waals surface area contributed by atoms with Gasteiger partial charge in [-0.25, -0.2) is 4.79 Å². The van der Waals surface area contributed by atoms with Gasteiger partial charge in [-0.05, 0) is 26.3 Å². The number of fused-ring (bicyclic) bond motifs is 1. The van der Waals surface area contributed by atoms with E-state index >= 15 is 0 Å². The van der Waals surface area contributed by atoms with Crippen LogP contribution in [0.2, 0.25) is 0 Å². The van der Waals surface area contributed by atoms with Gasteiger partial charge in [-0.1, -0.05) is 6.58 Å². The van der Waals surface area contributed by atoms with Crippen molar-refractivity contribution in [2.75, 3.05) is 39.4 Å². The highest BCUT2D eigenvalue weighted by atomic mass is 16.5. The van der Waals surface area contributed by atoms with E-state index < -0.39 is 0 Å². The van der Waals surface area contributed by atoms with E-state index in [2.05, 4.69) is 16.8 Å². The number of esters is 1. The zero-order chi connectivity index (χ0) is 13.7. The molecule has 2 heterocycles. The fraction of sp³-hybridized carbons (Fsp3) is 0.786. The molecule has 0 saturated carbocycles. The largest absolute Gasteiger partial charge is 0.463 e. The zero-order valence-corrected chi connectivity index (χ0v) is 11.7. The fourth-order valence-electron chi connectivity index (χ4n) is 2.70. The second-order valence-electron chi connectivity index (χ2n) is 5.20. The number of rotatable bonds is 6. The zero-order valence-electron chi connectivity index (χ0n) is 11.7. The maximum Gasteiger partial charge on any atom is 0.334 e. The molecule has 2 atom stereocenters. The summed E-state index contributed by atoms with van der Waals surface area (Å²) in [5, 5.41) is 3.22. The van der Waals surface area contributed by atoms with Crippen LogP contribution in [0.4, 0.5) is 0 Å². The average Bonchev–Trinajstić information content (AvgIpc) is 2.86. The molecule has 2 unspecified atom stereocenters. The van der Waals surface area contributed by atoms with E-state index in [0.29, 0.717) is 24.8 Å². The Morgan fingerprint density at radius 2 is 2.42 bits per heavy atom. The Labute approximate surface area is 114 Å². The summed E-state index contributed by atoms with van der Waals surface area (Å²) < 4.78 is 10.7. The lowest BCUT2D eigenvalue weighted by Crippen LogP contribution is -2.49. The van der Waals surface area contributed by atoms with Crippen molar-refractivity contribution in [2.24, 2.45) is 0 Å². The molecule has 0 aliphatic carbocycles. The van der Waals surface area contributed by atoms with Gasteiger partial charge in [0.25, 0.3) is 0 Å². The van der Waals surface area contributed by atoms with E-state index in [4.69, 9.17) is 9.47 Å². The minimum absolute atomic E-state index is 0.212. The molecule has 19 heavy (non-hydrogen) atoms. The lowest BCUT2D eigenvalue weighted by atomic mass is 10.2. The molecule has 2 rings (SSSR count). The number of ether oxygens (including phenoxy) is 2. The van der Waals surface area contributed by atoms with E-state index in [-0.39, 0.29) is 12.1 Å². The highest BCUT2D eigenvalue weighted by Crippen LogP contribution is 2.22. The van der Waals surface area contributed by atoms with Crippen molar-refractivity contribution >= 4 is 5.97 Å². The number of nitrogens with one attached hydrogen (secondary N) is 1. The summed E-state index contributed by atoms with van der Waals surface area (Å²) in [6.45, 7) is 10.1. The monoisotopic (exact) mass is 268 g/mol. The number of morpholine rings is 1. The number of carbonyl (C=O) groups is 1. The van der Waals surface area contributed by atoms with Gasteiger partial charge in [0, 0.05) is 31.2 Å². The van der Waals surface area contributed by atoms with Crippen LogP contribution >= 0.6 is 0 Å². The second-order valence-corrected chi connectivity index (χ2v) is 5.20. The molecule has 2 fully saturated rings. The van der Waals surface area contributed by atoms with Gasteiger partial charge < -0.3 is 14.8 Å². The highest BCUT2D eigenvalue weighted by Gasteiger charge is 2.31.